The molecule has 2 unspecified atom stereocenters. The minimum Gasteiger partial charge on any atom is -0.459 e. The Morgan fingerprint density at radius 2 is 2.30 bits per heavy atom. The molecule has 0 aliphatic carbocycles. The molecule has 3 N–H and O–H groups in total. The molecule has 7 heteroatoms. The zero-order valence-electron chi connectivity index (χ0n) is 11.2. The van der Waals surface area contributed by atoms with Gasteiger partial charge in [-0.15, -0.1) is 0 Å². The van der Waals surface area contributed by atoms with Gasteiger partial charge in [-0.3, -0.25) is 9.59 Å². The van der Waals surface area contributed by atoms with E-state index >= 15 is 0 Å². The number of hydrogen-bond donors (Lipinski definition) is 3. The number of rotatable bonds is 5. The summed E-state index contributed by atoms with van der Waals surface area (Å²) in [6.45, 7) is 2.16. The Labute approximate surface area is 116 Å². The average Bonchev–Trinajstić information content (AvgIpc) is 3.06. The molecule has 0 aromatic carbocycles. The highest BCUT2D eigenvalue weighted by molar-refractivity contribution is 5.94. The Hall–Kier alpha value is -1.86. The normalized spacial score (nSPS) is 25.4. The molecule has 2 rings (SSSR count). The third kappa shape index (κ3) is 3.37. The molecule has 2 amide bonds. The molecule has 110 valence electrons. The van der Waals surface area contributed by atoms with Crippen LogP contribution in [-0.2, 0) is 9.53 Å². The molecule has 7 nitrogen and oxygen atoms in total. The quantitative estimate of drug-likeness (QED) is 0.686. The van der Waals surface area contributed by atoms with Crippen LogP contribution in [0.2, 0.25) is 0 Å². The van der Waals surface area contributed by atoms with Crippen molar-refractivity contribution in [3.8, 4) is 0 Å². The van der Waals surface area contributed by atoms with Crippen molar-refractivity contribution >= 4 is 11.8 Å². The summed E-state index contributed by atoms with van der Waals surface area (Å²) in [5.41, 5.74) is -1.04. The van der Waals surface area contributed by atoms with Crippen LogP contribution in [0.5, 0.6) is 0 Å². The van der Waals surface area contributed by atoms with Gasteiger partial charge in [-0.25, -0.2) is 0 Å². The summed E-state index contributed by atoms with van der Waals surface area (Å²) in [5.74, 6) is -0.687. The monoisotopic (exact) mass is 282 g/mol. The molecule has 20 heavy (non-hydrogen) atoms. The Morgan fingerprint density at radius 1 is 1.50 bits per heavy atom. The van der Waals surface area contributed by atoms with Gasteiger partial charge >= 0.3 is 0 Å². The maximum absolute atomic E-state index is 11.6. The molecule has 1 saturated heterocycles. The number of carbonyl (C=O) groups is 2. The van der Waals surface area contributed by atoms with Crippen LogP contribution in [0.3, 0.4) is 0 Å². The van der Waals surface area contributed by atoms with Gasteiger partial charge in [0.1, 0.15) is 5.60 Å². The van der Waals surface area contributed by atoms with Crippen molar-refractivity contribution in [2.45, 2.75) is 25.0 Å². The van der Waals surface area contributed by atoms with E-state index in [9.17, 15) is 14.7 Å². The molecule has 0 bridgehead atoms. The van der Waals surface area contributed by atoms with Crippen LogP contribution in [0, 0.1) is 0 Å². The molecular formula is C13H18N2O5. The van der Waals surface area contributed by atoms with Crippen LogP contribution in [0.1, 0.15) is 23.9 Å². The standard InChI is InChI=1S/C13H18N2O5/c1-9-13(18,4-6-19-9)8-15-11(16)7-14-12(17)10-3-2-5-20-10/h2-3,5,9,18H,4,6-8H2,1H3,(H,14,17)(H,15,16). The van der Waals surface area contributed by atoms with Gasteiger partial charge in [-0.05, 0) is 19.1 Å². The Bertz CT molecular complexity index is 473. The Balaban J connectivity index is 1.72. The summed E-state index contributed by atoms with van der Waals surface area (Å²) >= 11 is 0. The van der Waals surface area contributed by atoms with Crippen LogP contribution in [0.4, 0.5) is 0 Å². The van der Waals surface area contributed by atoms with Crippen LogP contribution >= 0.6 is 0 Å². The van der Waals surface area contributed by atoms with Gasteiger partial charge in [-0.1, -0.05) is 0 Å². The van der Waals surface area contributed by atoms with Crippen LogP contribution in [-0.4, -0.2) is 48.3 Å². The van der Waals surface area contributed by atoms with Gasteiger partial charge < -0.3 is 24.9 Å². The number of amides is 2. The number of hydrogen-bond acceptors (Lipinski definition) is 5. The first-order valence-electron chi connectivity index (χ1n) is 6.44. The van der Waals surface area contributed by atoms with E-state index in [0.29, 0.717) is 13.0 Å². The van der Waals surface area contributed by atoms with Crippen LogP contribution in [0.15, 0.2) is 22.8 Å². The van der Waals surface area contributed by atoms with E-state index in [1.54, 1.807) is 13.0 Å². The first-order chi connectivity index (χ1) is 9.51. The van der Waals surface area contributed by atoms with Crippen LogP contribution in [0.25, 0.3) is 0 Å². The van der Waals surface area contributed by atoms with Crippen molar-refractivity contribution in [1.29, 1.82) is 0 Å². The lowest BCUT2D eigenvalue weighted by Crippen LogP contribution is -2.49. The van der Waals surface area contributed by atoms with Gasteiger partial charge in [0.2, 0.25) is 5.91 Å². The fourth-order valence-electron chi connectivity index (χ4n) is 1.97. The predicted molar refractivity (Wildman–Crippen MR) is 69.0 cm³/mol. The summed E-state index contributed by atoms with van der Waals surface area (Å²) < 4.78 is 10.2. The highest BCUT2D eigenvalue weighted by Gasteiger charge is 2.39. The van der Waals surface area contributed by atoms with Gasteiger partial charge in [0, 0.05) is 19.6 Å². The molecule has 1 fully saturated rings. The lowest BCUT2D eigenvalue weighted by molar-refractivity contribution is -0.122. The first kappa shape index (κ1) is 14.5. The largest absolute Gasteiger partial charge is 0.459 e. The lowest BCUT2D eigenvalue weighted by Gasteiger charge is -2.26. The second-order valence-corrected chi connectivity index (χ2v) is 4.80. The van der Waals surface area contributed by atoms with Gasteiger partial charge in [0.05, 0.1) is 18.9 Å². The summed E-state index contributed by atoms with van der Waals surface area (Å²) in [4.78, 5) is 23.1. The average molecular weight is 282 g/mol. The third-order valence-corrected chi connectivity index (χ3v) is 3.41. The fourth-order valence-corrected chi connectivity index (χ4v) is 1.97. The maximum atomic E-state index is 11.6. The van der Waals surface area contributed by atoms with Crippen molar-refractivity contribution in [1.82, 2.24) is 10.6 Å². The molecule has 2 heterocycles. The lowest BCUT2D eigenvalue weighted by atomic mass is 9.97. The summed E-state index contributed by atoms with van der Waals surface area (Å²) in [6.07, 6.45) is 1.54. The van der Waals surface area contributed by atoms with Crippen molar-refractivity contribution in [2.75, 3.05) is 19.7 Å². The molecular weight excluding hydrogens is 264 g/mol. The Kier molecular flexibility index (Phi) is 4.41. The van der Waals surface area contributed by atoms with Gasteiger partial charge in [0.15, 0.2) is 5.76 Å². The molecule has 1 aliphatic rings. The molecule has 0 saturated carbocycles. The number of aliphatic hydroxyl groups is 1. The maximum Gasteiger partial charge on any atom is 0.287 e. The third-order valence-electron chi connectivity index (χ3n) is 3.41. The van der Waals surface area contributed by atoms with Crippen molar-refractivity contribution in [2.24, 2.45) is 0 Å². The second-order valence-electron chi connectivity index (χ2n) is 4.80. The van der Waals surface area contributed by atoms with Crippen molar-refractivity contribution in [3.63, 3.8) is 0 Å². The minimum atomic E-state index is -1.04. The highest BCUT2D eigenvalue weighted by Crippen LogP contribution is 2.24. The highest BCUT2D eigenvalue weighted by atomic mass is 16.5. The fraction of sp³-hybridized carbons (Fsp3) is 0.538. The molecule has 0 radical (unpaired) electrons. The minimum absolute atomic E-state index is 0.101. The number of nitrogens with one attached hydrogen (secondary N) is 2. The van der Waals surface area contributed by atoms with E-state index in [-0.39, 0.29) is 30.9 Å². The topological polar surface area (TPSA) is 101 Å². The van der Waals surface area contributed by atoms with E-state index < -0.39 is 11.5 Å². The smallest absolute Gasteiger partial charge is 0.287 e. The van der Waals surface area contributed by atoms with E-state index in [2.05, 4.69) is 10.6 Å². The Morgan fingerprint density at radius 3 is 2.90 bits per heavy atom. The molecule has 0 spiro atoms. The molecule has 1 aromatic rings. The molecule has 1 aliphatic heterocycles. The predicted octanol–water partition coefficient (Wildman–Crippen LogP) is -0.335. The van der Waals surface area contributed by atoms with Gasteiger partial charge in [-0.2, -0.15) is 0 Å². The van der Waals surface area contributed by atoms with Gasteiger partial charge in [0.25, 0.3) is 5.91 Å². The van der Waals surface area contributed by atoms with Crippen molar-refractivity contribution in [3.05, 3.63) is 24.2 Å². The van der Waals surface area contributed by atoms with E-state index in [1.165, 1.54) is 12.3 Å². The second kappa shape index (κ2) is 6.06. The van der Waals surface area contributed by atoms with E-state index in [0.717, 1.165) is 0 Å². The summed E-state index contributed by atoms with van der Waals surface area (Å²) in [6, 6.07) is 3.10. The number of carbonyl (C=O) groups excluding carboxylic acids is 2. The molecule has 2 atom stereocenters. The van der Waals surface area contributed by atoms with Crippen molar-refractivity contribution < 1.29 is 23.8 Å². The number of ether oxygens (including phenoxy) is 1. The zero-order chi connectivity index (χ0) is 14.6. The van der Waals surface area contributed by atoms with Crippen LogP contribution < -0.4 is 10.6 Å². The zero-order valence-corrected chi connectivity index (χ0v) is 11.2. The van der Waals surface area contributed by atoms with E-state index in [1.807, 2.05) is 0 Å². The number of furan rings is 1. The van der Waals surface area contributed by atoms with E-state index in [4.69, 9.17) is 9.15 Å². The first-order valence-corrected chi connectivity index (χ1v) is 6.44. The molecule has 1 aromatic heterocycles. The SMILES string of the molecule is CC1OCCC1(O)CNC(=O)CNC(=O)c1ccco1. The summed E-state index contributed by atoms with van der Waals surface area (Å²) in [7, 11) is 0. The summed E-state index contributed by atoms with van der Waals surface area (Å²) in [5, 5.41) is 15.2.